The van der Waals surface area contributed by atoms with Gasteiger partial charge in [0, 0.05) is 31.5 Å². The molecule has 172 valence electrons. The van der Waals surface area contributed by atoms with Crippen LogP contribution in [0.5, 0.6) is 5.75 Å². The van der Waals surface area contributed by atoms with Crippen molar-refractivity contribution in [1.82, 2.24) is 4.90 Å². The van der Waals surface area contributed by atoms with Crippen LogP contribution in [-0.4, -0.2) is 49.8 Å². The molecule has 1 amide bonds. The van der Waals surface area contributed by atoms with E-state index >= 15 is 0 Å². The summed E-state index contributed by atoms with van der Waals surface area (Å²) in [6, 6.07) is 16.7. The first-order valence-corrected chi connectivity index (χ1v) is 12.0. The highest BCUT2D eigenvalue weighted by Crippen LogP contribution is 2.36. The van der Waals surface area contributed by atoms with Crippen molar-refractivity contribution in [2.24, 2.45) is 0 Å². The van der Waals surface area contributed by atoms with Crippen molar-refractivity contribution in [2.75, 3.05) is 38.2 Å². The first kappa shape index (κ1) is 22.8. The van der Waals surface area contributed by atoms with E-state index in [9.17, 15) is 4.79 Å². The summed E-state index contributed by atoms with van der Waals surface area (Å²) in [6.07, 6.45) is 5.29. The number of likely N-dealkylation sites (tertiary alicyclic amines) is 1. The Morgan fingerprint density at radius 2 is 1.81 bits per heavy atom. The first-order chi connectivity index (χ1) is 15.6. The highest BCUT2D eigenvalue weighted by Gasteiger charge is 2.41. The summed E-state index contributed by atoms with van der Waals surface area (Å²) in [5.41, 5.74) is 2.51. The van der Waals surface area contributed by atoms with Crippen LogP contribution in [0.25, 0.3) is 0 Å². The summed E-state index contributed by atoms with van der Waals surface area (Å²) in [6.45, 7) is 8.39. The number of aryl methyl sites for hydroxylation is 1. The molecular formula is C27H36N2O3. The van der Waals surface area contributed by atoms with Crippen LogP contribution < -0.4 is 10.1 Å². The Bertz CT molecular complexity index is 873. The maximum absolute atomic E-state index is 13.4. The third-order valence-electron chi connectivity index (χ3n) is 7.09. The lowest BCUT2D eigenvalue weighted by molar-refractivity contribution is -0.125. The Hall–Kier alpha value is -2.37. The number of anilines is 1. The molecule has 2 saturated heterocycles. The molecule has 5 heteroatoms. The minimum atomic E-state index is -0.549. The van der Waals surface area contributed by atoms with E-state index in [2.05, 4.69) is 48.3 Å². The van der Waals surface area contributed by atoms with Crippen LogP contribution in [0.3, 0.4) is 0 Å². The highest BCUT2D eigenvalue weighted by atomic mass is 16.5. The second-order valence-electron chi connectivity index (χ2n) is 9.27. The van der Waals surface area contributed by atoms with E-state index in [1.807, 2.05) is 24.3 Å². The number of ether oxygens (including phenoxy) is 2. The molecule has 0 radical (unpaired) electrons. The number of rotatable bonds is 7. The average Bonchev–Trinajstić information content (AvgIpc) is 2.82. The quantitative estimate of drug-likeness (QED) is 0.668. The second kappa shape index (κ2) is 10.5. The normalized spacial score (nSPS) is 21.1. The molecule has 2 aliphatic rings. The monoisotopic (exact) mass is 436 g/mol. The van der Waals surface area contributed by atoms with Gasteiger partial charge in [-0.15, -0.1) is 0 Å². The highest BCUT2D eigenvalue weighted by molar-refractivity contribution is 5.99. The molecule has 1 atom stereocenters. The summed E-state index contributed by atoms with van der Waals surface area (Å²) >= 11 is 0. The molecule has 0 spiro atoms. The lowest BCUT2D eigenvalue weighted by Gasteiger charge is -2.36. The van der Waals surface area contributed by atoms with Gasteiger partial charge in [0.15, 0.2) is 0 Å². The fraction of sp³-hybridized carbons (Fsp3) is 0.519. The lowest BCUT2D eigenvalue weighted by atomic mass is 9.73. The number of piperidine rings is 1. The molecule has 4 rings (SSSR count). The Kier molecular flexibility index (Phi) is 7.48. The fourth-order valence-electron chi connectivity index (χ4n) is 4.90. The van der Waals surface area contributed by atoms with E-state index in [1.165, 1.54) is 31.4 Å². The Morgan fingerprint density at radius 3 is 2.50 bits per heavy atom. The van der Waals surface area contributed by atoms with Crippen LogP contribution in [0.2, 0.25) is 0 Å². The lowest BCUT2D eigenvalue weighted by Crippen LogP contribution is -2.44. The molecule has 2 fully saturated rings. The van der Waals surface area contributed by atoms with E-state index in [0.717, 1.165) is 23.5 Å². The van der Waals surface area contributed by atoms with Gasteiger partial charge in [-0.2, -0.15) is 0 Å². The van der Waals surface area contributed by atoms with E-state index in [0.29, 0.717) is 38.7 Å². The predicted molar refractivity (Wildman–Crippen MR) is 128 cm³/mol. The zero-order valence-electron chi connectivity index (χ0n) is 19.4. The topological polar surface area (TPSA) is 50.8 Å². The molecule has 2 aromatic carbocycles. The van der Waals surface area contributed by atoms with Gasteiger partial charge in [-0.1, -0.05) is 36.2 Å². The predicted octanol–water partition coefficient (Wildman–Crippen LogP) is 4.94. The van der Waals surface area contributed by atoms with Gasteiger partial charge < -0.3 is 14.8 Å². The molecule has 5 nitrogen and oxygen atoms in total. The standard InChI is InChI=1S/C27H36N2O3/c1-21-6-8-23(9-7-21)27(14-18-31-19-15-27)26(30)28-24-10-12-25(13-11-24)32-20-17-29-16-4-3-5-22(29)2/h6-13,22H,3-5,14-20H2,1-2H3,(H,28,30). The zero-order chi connectivity index (χ0) is 22.4. The molecular weight excluding hydrogens is 400 g/mol. The molecule has 0 bridgehead atoms. The number of nitrogens with zero attached hydrogens (tertiary/aromatic N) is 1. The number of hydrogen-bond acceptors (Lipinski definition) is 4. The van der Waals surface area contributed by atoms with Gasteiger partial charge in [0.2, 0.25) is 5.91 Å². The van der Waals surface area contributed by atoms with Gasteiger partial charge in [-0.05, 0) is 75.9 Å². The van der Waals surface area contributed by atoms with Crippen molar-refractivity contribution < 1.29 is 14.3 Å². The van der Waals surface area contributed by atoms with Crippen molar-refractivity contribution in [3.8, 4) is 5.75 Å². The molecule has 2 aliphatic heterocycles. The van der Waals surface area contributed by atoms with Crippen molar-refractivity contribution >= 4 is 11.6 Å². The largest absolute Gasteiger partial charge is 0.492 e. The van der Waals surface area contributed by atoms with Crippen LogP contribution in [0.4, 0.5) is 5.69 Å². The Balaban J connectivity index is 1.36. The van der Waals surface area contributed by atoms with Gasteiger partial charge >= 0.3 is 0 Å². The third-order valence-corrected chi connectivity index (χ3v) is 7.09. The molecule has 1 N–H and O–H groups in total. The average molecular weight is 437 g/mol. The molecule has 2 aromatic rings. The van der Waals surface area contributed by atoms with Crippen molar-refractivity contribution in [1.29, 1.82) is 0 Å². The van der Waals surface area contributed by atoms with Crippen LogP contribution in [0.1, 0.15) is 50.2 Å². The van der Waals surface area contributed by atoms with E-state index in [4.69, 9.17) is 9.47 Å². The Labute approximate surface area is 192 Å². The summed E-state index contributed by atoms with van der Waals surface area (Å²) in [4.78, 5) is 15.9. The zero-order valence-corrected chi connectivity index (χ0v) is 19.4. The SMILES string of the molecule is Cc1ccc(C2(C(=O)Nc3ccc(OCCN4CCCCC4C)cc3)CCOCC2)cc1. The number of benzene rings is 2. The molecule has 0 aliphatic carbocycles. The molecule has 1 unspecified atom stereocenters. The van der Waals surface area contributed by atoms with E-state index in [1.54, 1.807) is 0 Å². The summed E-state index contributed by atoms with van der Waals surface area (Å²) in [7, 11) is 0. The van der Waals surface area contributed by atoms with Gasteiger partial charge in [0.05, 0.1) is 5.41 Å². The maximum atomic E-state index is 13.4. The van der Waals surface area contributed by atoms with E-state index in [-0.39, 0.29) is 5.91 Å². The molecule has 0 aromatic heterocycles. The second-order valence-corrected chi connectivity index (χ2v) is 9.27. The molecule has 0 saturated carbocycles. The van der Waals surface area contributed by atoms with Gasteiger partial charge in [-0.25, -0.2) is 0 Å². The van der Waals surface area contributed by atoms with Gasteiger partial charge in [-0.3, -0.25) is 9.69 Å². The maximum Gasteiger partial charge on any atom is 0.235 e. The van der Waals surface area contributed by atoms with Crippen LogP contribution in [0, 0.1) is 6.92 Å². The van der Waals surface area contributed by atoms with Crippen LogP contribution in [-0.2, 0) is 14.9 Å². The first-order valence-electron chi connectivity index (χ1n) is 12.0. The van der Waals surface area contributed by atoms with Crippen molar-refractivity contribution in [3.63, 3.8) is 0 Å². The third kappa shape index (κ3) is 5.33. The van der Waals surface area contributed by atoms with Crippen molar-refractivity contribution in [3.05, 3.63) is 59.7 Å². The smallest absolute Gasteiger partial charge is 0.235 e. The summed E-state index contributed by atoms with van der Waals surface area (Å²) < 4.78 is 11.5. The number of nitrogens with one attached hydrogen (secondary N) is 1. The number of amides is 1. The number of carbonyl (C=O) groups is 1. The minimum Gasteiger partial charge on any atom is -0.492 e. The summed E-state index contributed by atoms with van der Waals surface area (Å²) in [5.74, 6) is 0.879. The summed E-state index contributed by atoms with van der Waals surface area (Å²) in [5, 5.41) is 3.15. The molecule has 2 heterocycles. The number of carbonyl (C=O) groups excluding carboxylic acids is 1. The van der Waals surface area contributed by atoms with Crippen molar-refractivity contribution in [2.45, 2.75) is 57.4 Å². The Morgan fingerprint density at radius 1 is 1.09 bits per heavy atom. The van der Waals surface area contributed by atoms with E-state index < -0.39 is 5.41 Å². The number of hydrogen-bond donors (Lipinski definition) is 1. The van der Waals surface area contributed by atoms with Gasteiger partial charge in [0.1, 0.15) is 12.4 Å². The molecule has 32 heavy (non-hydrogen) atoms. The van der Waals surface area contributed by atoms with Crippen LogP contribution >= 0.6 is 0 Å². The van der Waals surface area contributed by atoms with Gasteiger partial charge in [0.25, 0.3) is 0 Å². The van der Waals surface area contributed by atoms with Crippen LogP contribution in [0.15, 0.2) is 48.5 Å². The fourth-order valence-corrected chi connectivity index (χ4v) is 4.90. The minimum absolute atomic E-state index is 0.0393.